The molecule has 3 aromatic rings. The van der Waals surface area contributed by atoms with Gasteiger partial charge in [0.25, 0.3) is 11.8 Å². The van der Waals surface area contributed by atoms with E-state index in [9.17, 15) is 9.59 Å². The summed E-state index contributed by atoms with van der Waals surface area (Å²) >= 11 is 1.37. The lowest BCUT2D eigenvalue weighted by Crippen LogP contribution is -2.13. The fraction of sp³-hybridized carbons (Fsp3) is 0.222. The van der Waals surface area contributed by atoms with E-state index in [1.54, 1.807) is 36.4 Å². The molecule has 1 aromatic carbocycles. The standard InChI is InChI=1S/C18H18N4O3S/c1-11(2)10-15-21-22-18(26-15)20-16(23)12-5-7-13(8-6-12)19-17(24)14-4-3-9-25-14/h3-9,11H,10H2,1-2H3,(H,19,24)(H,20,22,23). The molecule has 0 bridgehead atoms. The number of amides is 2. The lowest BCUT2D eigenvalue weighted by Gasteiger charge is -2.05. The summed E-state index contributed by atoms with van der Waals surface area (Å²) < 4.78 is 5.03. The zero-order chi connectivity index (χ0) is 18.5. The van der Waals surface area contributed by atoms with Gasteiger partial charge in [0.15, 0.2) is 5.76 Å². The van der Waals surface area contributed by atoms with E-state index >= 15 is 0 Å². The molecular weight excluding hydrogens is 352 g/mol. The maximum atomic E-state index is 12.3. The molecule has 0 radical (unpaired) electrons. The van der Waals surface area contributed by atoms with Crippen LogP contribution >= 0.6 is 11.3 Å². The van der Waals surface area contributed by atoms with Crippen molar-refractivity contribution in [3.63, 3.8) is 0 Å². The average molecular weight is 370 g/mol. The van der Waals surface area contributed by atoms with Crippen molar-refractivity contribution in [1.82, 2.24) is 10.2 Å². The molecule has 0 saturated carbocycles. The van der Waals surface area contributed by atoms with Crippen LogP contribution in [0.4, 0.5) is 10.8 Å². The SMILES string of the molecule is CC(C)Cc1nnc(NC(=O)c2ccc(NC(=O)c3ccco3)cc2)s1. The van der Waals surface area contributed by atoms with E-state index in [0.29, 0.717) is 22.3 Å². The number of rotatable bonds is 6. The predicted octanol–water partition coefficient (Wildman–Crippen LogP) is 3.83. The molecular formula is C18H18N4O3S. The van der Waals surface area contributed by atoms with E-state index in [2.05, 4.69) is 34.7 Å². The van der Waals surface area contributed by atoms with Crippen LogP contribution in [0.5, 0.6) is 0 Å². The van der Waals surface area contributed by atoms with Gasteiger partial charge in [-0.3, -0.25) is 14.9 Å². The molecule has 0 aliphatic heterocycles. The number of nitrogens with one attached hydrogen (secondary N) is 2. The van der Waals surface area contributed by atoms with Gasteiger partial charge in [-0.25, -0.2) is 0 Å². The van der Waals surface area contributed by atoms with Crippen LogP contribution in [0.15, 0.2) is 47.1 Å². The summed E-state index contributed by atoms with van der Waals surface area (Å²) in [7, 11) is 0. The Balaban J connectivity index is 1.60. The van der Waals surface area contributed by atoms with Crippen LogP contribution in [-0.2, 0) is 6.42 Å². The fourth-order valence-electron chi connectivity index (χ4n) is 2.21. The first-order valence-corrected chi connectivity index (χ1v) is 8.91. The third-order valence-corrected chi connectivity index (χ3v) is 4.28. The molecule has 2 heterocycles. The summed E-state index contributed by atoms with van der Waals surface area (Å²) in [6.07, 6.45) is 2.26. The van der Waals surface area contributed by atoms with Gasteiger partial charge in [0.1, 0.15) is 5.01 Å². The summed E-state index contributed by atoms with van der Waals surface area (Å²) in [6.45, 7) is 4.21. The van der Waals surface area contributed by atoms with Crippen molar-refractivity contribution in [2.75, 3.05) is 10.6 Å². The van der Waals surface area contributed by atoms with Crippen LogP contribution in [0.2, 0.25) is 0 Å². The van der Waals surface area contributed by atoms with Gasteiger partial charge >= 0.3 is 0 Å². The average Bonchev–Trinajstić information content (AvgIpc) is 3.27. The normalized spacial score (nSPS) is 10.7. The number of hydrogen-bond donors (Lipinski definition) is 2. The van der Waals surface area contributed by atoms with Gasteiger partial charge < -0.3 is 9.73 Å². The van der Waals surface area contributed by atoms with Crippen LogP contribution in [0, 0.1) is 5.92 Å². The van der Waals surface area contributed by atoms with E-state index in [4.69, 9.17) is 4.42 Å². The van der Waals surface area contributed by atoms with E-state index in [0.717, 1.165) is 11.4 Å². The first-order valence-electron chi connectivity index (χ1n) is 8.10. The molecule has 0 saturated heterocycles. The Morgan fingerprint density at radius 1 is 1.08 bits per heavy atom. The van der Waals surface area contributed by atoms with Gasteiger partial charge in [-0.1, -0.05) is 25.2 Å². The number of furan rings is 1. The Morgan fingerprint density at radius 2 is 1.85 bits per heavy atom. The Hall–Kier alpha value is -3.00. The second kappa shape index (κ2) is 7.92. The van der Waals surface area contributed by atoms with E-state index in [1.807, 2.05) is 0 Å². The molecule has 0 spiro atoms. The summed E-state index contributed by atoms with van der Waals surface area (Å²) in [4.78, 5) is 24.2. The molecule has 0 aliphatic rings. The maximum Gasteiger partial charge on any atom is 0.291 e. The first kappa shape index (κ1) is 17.8. The van der Waals surface area contributed by atoms with Crippen LogP contribution in [0.25, 0.3) is 0 Å². The third kappa shape index (κ3) is 4.54. The summed E-state index contributed by atoms with van der Waals surface area (Å²) in [5, 5.41) is 14.9. The van der Waals surface area contributed by atoms with Crippen molar-refractivity contribution in [2.24, 2.45) is 5.92 Å². The maximum absolute atomic E-state index is 12.3. The highest BCUT2D eigenvalue weighted by Gasteiger charge is 2.12. The minimum Gasteiger partial charge on any atom is -0.459 e. The van der Waals surface area contributed by atoms with Crippen molar-refractivity contribution in [3.8, 4) is 0 Å². The van der Waals surface area contributed by atoms with Crippen LogP contribution in [-0.4, -0.2) is 22.0 Å². The van der Waals surface area contributed by atoms with Crippen LogP contribution in [0.3, 0.4) is 0 Å². The van der Waals surface area contributed by atoms with Crippen molar-refractivity contribution >= 4 is 34.0 Å². The Labute approximate surface area is 154 Å². The molecule has 0 unspecified atom stereocenters. The quantitative estimate of drug-likeness (QED) is 0.687. The molecule has 0 aliphatic carbocycles. The zero-order valence-electron chi connectivity index (χ0n) is 14.4. The van der Waals surface area contributed by atoms with E-state index in [1.165, 1.54) is 17.6 Å². The van der Waals surface area contributed by atoms with Gasteiger partial charge in [0.2, 0.25) is 5.13 Å². The zero-order valence-corrected chi connectivity index (χ0v) is 15.2. The number of carbonyl (C=O) groups is 2. The highest BCUT2D eigenvalue weighted by Crippen LogP contribution is 2.19. The smallest absolute Gasteiger partial charge is 0.291 e. The van der Waals surface area contributed by atoms with E-state index in [-0.39, 0.29) is 17.6 Å². The van der Waals surface area contributed by atoms with Crippen LogP contribution < -0.4 is 10.6 Å². The molecule has 134 valence electrons. The molecule has 0 fully saturated rings. The highest BCUT2D eigenvalue weighted by atomic mass is 32.1. The monoisotopic (exact) mass is 370 g/mol. The Morgan fingerprint density at radius 3 is 2.50 bits per heavy atom. The molecule has 8 heteroatoms. The molecule has 7 nitrogen and oxygen atoms in total. The Bertz CT molecular complexity index is 886. The van der Waals surface area contributed by atoms with Crippen LogP contribution in [0.1, 0.15) is 39.8 Å². The molecule has 0 atom stereocenters. The molecule has 2 N–H and O–H groups in total. The minimum absolute atomic E-state index is 0.222. The second-order valence-electron chi connectivity index (χ2n) is 6.06. The predicted molar refractivity (Wildman–Crippen MR) is 99.5 cm³/mol. The summed E-state index contributed by atoms with van der Waals surface area (Å²) in [5.41, 5.74) is 1.03. The fourth-order valence-corrected chi connectivity index (χ4v) is 3.16. The number of anilines is 2. The lowest BCUT2D eigenvalue weighted by atomic mass is 10.1. The third-order valence-electron chi connectivity index (χ3n) is 3.42. The number of hydrogen-bond acceptors (Lipinski definition) is 6. The second-order valence-corrected chi connectivity index (χ2v) is 7.12. The molecule has 2 amide bonds. The highest BCUT2D eigenvalue weighted by molar-refractivity contribution is 7.15. The van der Waals surface area contributed by atoms with Gasteiger partial charge in [-0.2, -0.15) is 0 Å². The molecule has 26 heavy (non-hydrogen) atoms. The summed E-state index contributed by atoms with van der Waals surface area (Å²) in [5.74, 6) is 0.0793. The van der Waals surface area contributed by atoms with Gasteiger partial charge in [0.05, 0.1) is 6.26 Å². The number of benzene rings is 1. The minimum atomic E-state index is -0.348. The van der Waals surface area contributed by atoms with Crippen molar-refractivity contribution < 1.29 is 14.0 Å². The lowest BCUT2D eigenvalue weighted by molar-refractivity contribution is 0.0995. The number of aromatic nitrogens is 2. The summed E-state index contributed by atoms with van der Waals surface area (Å²) in [6, 6.07) is 9.78. The van der Waals surface area contributed by atoms with E-state index < -0.39 is 0 Å². The van der Waals surface area contributed by atoms with Crippen molar-refractivity contribution in [1.29, 1.82) is 0 Å². The largest absolute Gasteiger partial charge is 0.459 e. The molecule has 2 aromatic heterocycles. The van der Waals surface area contributed by atoms with Gasteiger partial charge in [-0.05, 0) is 42.3 Å². The van der Waals surface area contributed by atoms with Crippen molar-refractivity contribution in [2.45, 2.75) is 20.3 Å². The van der Waals surface area contributed by atoms with Gasteiger partial charge in [0, 0.05) is 17.7 Å². The van der Waals surface area contributed by atoms with Crippen molar-refractivity contribution in [3.05, 3.63) is 59.0 Å². The van der Waals surface area contributed by atoms with Gasteiger partial charge in [-0.15, -0.1) is 10.2 Å². The number of carbonyl (C=O) groups excluding carboxylic acids is 2. The topological polar surface area (TPSA) is 97.1 Å². The molecule has 3 rings (SSSR count). The first-order chi connectivity index (χ1) is 12.5. The number of nitrogens with zero attached hydrogens (tertiary/aromatic N) is 2. The Kier molecular flexibility index (Phi) is 5.43.